The summed E-state index contributed by atoms with van der Waals surface area (Å²) in [4.78, 5) is 16.6. The van der Waals surface area contributed by atoms with Crippen LogP contribution in [0.25, 0.3) is 5.57 Å². The second-order valence-electron chi connectivity index (χ2n) is 7.57. The van der Waals surface area contributed by atoms with Crippen LogP contribution in [-0.2, 0) is 17.6 Å². The van der Waals surface area contributed by atoms with Gasteiger partial charge in [0, 0.05) is 25.4 Å². The summed E-state index contributed by atoms with van der Waals surface area (Å²) >= 11 is 0. The van der Waals surface area contributed by atoms with Crippen LogP contribution in [-0.4, -0.2) is 36.0 Å². The Kier molecular flexibility index (Phi) is 8.71. The van der Waals surface area contributed by atoms with Crippen LogP contribution >= 0.6 is 0 Å². The SMILES string of the molecule is CN1C=C(c2cccc(NC(=O)Cc3ccccc3)n2)CN1.N#Cc1ccc(CCN)cc1. The third-order valence-corrected chi connectivity index (χ3v) is 4.94. The van der Waals surface area contributed by atoms with Gasteiger partial charge in [0.15, 0.2) is 0 Å². The zero-order valence-corrected chi connectivity index (χ0v) is 18.7. The summed E-state index contributed by atoms with van der Waals surface area (Å²) in [7, 11) is 1.94. The molecule has 4 rings (SSSR count). The van der Waals surface area contributed by atoms with E-state index in [1.165, 1.54) is 5.56 Å². The van der Waals surface area contributed by atoms with Gasteiger partial charge < -0.3 is 16.1 Å². The lowest BCUT2D eigenvalue weighted by Crippen LogP contribution is -2.23. The minimum absolute atomic E-state index is 0.0634. The molecule has 0 fully saturated rings. The lowest BCUT2D eigenvalue weighted by atomic mass is 10.1. The number of nitrogens with zero attached hydrogens (tertiary/aromatic N) is 3. The van der Waals surface area contributed by atoms with E-state index in [1.807, 2.05) is 85.0 Å². The Morgan fingerprint density at radius 1 is 1.09 bits per heavy atom. The van der Waals surface area contributed by atoms with E-state index in [0.29, 0.717) is 24.3 Å². The molecule has 0 radical (unpaired) electrons. The number of carbonyl (C=O) groups is 1. The van der Waals surface area contributed by atoms with Gasteiger partial charge in [0.1, 0.15) is 5.82 Å². The maximum atomic E-state index is 12.1. The minimum atomic E-state index is -0.0634. The second-order valence-corrected chi connectivity index (χ2v) is 7.57. The zero-order chi connectivity index (χ0) is 23.5. The molecule has 0 spiro atoms. The standard InChI is InChI=1S/C17H18N4O.C9H10N2/c1-21-12-14(11-18-21)15-8-5-9-16(19-15)20-17(22)10-13-6-3-2-4-7-13;10-6-5-8-1-3-9(7-11)4-2-8/h2-9,12,18H,10-11H2,1H3,(H,19,20,22);1-4H,5-6,10H2. The van der Waals surface area contributed by atoms with Crippen LogP contribution in [0.1, 0.15) is 22.4 Å². The number of amides is 1. The molecule has 0 saturated carbocycles. The molecule has 2 aromatic carbocycles. The Balaban J connectivity index is 0.000000235. The maximum absolute atomic E-state index is 12.1. The number of benzene rings is 2. The van der Waals surface area contributed by atoms with E-state index < -0.39 is 0 Å². The van der Waals surface area contributed by atoms with Crippen LogP contribution in [0.3, 0.4) is 0 Å². The fourth-order valence-electron chi connectivity index (χ4n) is 3.26. The third kappa shape index (κ3) is 7.58. The average Bonchev–Trinajstić information content (AvgIpc) is 3.27. The predicted octanol–water partition coefficient (Wildman–Crippen LogP) is 3.11. The lowest BCUT2D eigenvalue weighted by molar-refractivity contribution is -0.115. The number of pyridine rings is 1. The Morgan fingerprint density at radius 2 is 1.85 bits per heavy atom. The lowest BCUT2D eigenvalue weighted by Gasteiger charge is -2.07. The number of nitriles is 1. The summed E-state index contributed by atoms with van der Waals surface area (Å²) in [5.74, 6) is 0.514. The van der Waals surface area contributed by atoms with Crippen molar-refractivity contribution in [1.82, 2.24) is 15.4 Å². The molecule has 0 atom stereocenters. The maximum Gasteiger partial charge on any atom is 0.229 e. The van der Waals surface area contributed by atoms with Crippen LogP contribution in [0.5, 0.6) is 0 Å². The topological polar surface area (TPSA) is 107 Å². The number of hydrazine groups is 1. The minimum Gasteiger partial charge on any atom is -0.330 e. The molecule has 7 heteroatoms. The summed E-state index contributed by atoms with van der Waals surface area (Å²) in [6, 6.07) is 24.9. The number of aromatic nitrogens is 1. The molecule has 2 heterocycles. The smallest absolute Gasteiger partial charge is 0.229 e. The highest BCUT2D eigenvalue weighted by Gasteiger charge is 2.12. The molecule has 168 valence electrons. The molecule has 3 aromatic rings. The molecule has 4 N–H and O–H groups in total. The molecule has 1 aliphatic rings. The molecule has 1 aromatic heterocycles. The first kappa shape index (κ1) is 23.7. The molecule has 7 nitrogen and oxygen atoms in total. The van der Waals surface area contributed by atoms with Crippen molar-refractivity contribution < 1.29 is 4.79 Å². The van der Waals surface area contributed by atoms with Crippen molar-refractivity contribution in [2.45, 2.75) is 12.8 Å². The van der Waals surface area contributed by atoms with Crippen molar-refractivity contribution in [3.63, 3.8) is 0 Å². The summed E-state index contributed by atoms with van der Waals surface area (Å²) in [6.45, 7) is 1.40. The van der Waals surface area contributed by atoms with Crippen molar-refractivity contribution >= 4 is 17.3 Å². The van der Waals surface area contributed by atoms with Gasteiger partial charge in [0.05, 0.1) is 23.7 Å². The normalized spacial score (nSPS) is 12.3. The fraction of sp³-hybridized carbons (Fsp3) is 0.192. The third-order valence-electron chi connectivity index (χ3n) is 4.94. The van der Waals surface area contributed by atoms with Gasteiger partial charge in [-0.2, -0.15) is 5.26 Å². The molecule has 1 amide bonds. The molecule has 0 aliphatic carbocycles. The first-order valence-electron chi connectivity index (χ1n) is 10.7. The van der Waals surface area contributed by atoms with Crippen molar-refractivity contribution in [2.24, 2.45) is 5.73 Å². The van der Waals surface area contributed by atoms with Gasteiger partial charge in [0.2, 0.25) is 5.91 Å². The fourth-order valence-corrected chi connectivity index (χ4v) is 3.26. The van der Waals surface area contributed by atoms with Crippen LogP contribution < -0.4 is 16.5 Å². The van der Waals surface area contributed by atoms with Gasteiger partial charge in [-0.15, -0.1) is 0 Å². The second kappa shape index (κ2) is 12.2. The molecule has 0 saturated heterocycles. The van der Waals surface area contributed by atoms with E-state index in [9.17, 15) is 4.79 Å². The molecule has 0 unspecified atom stereocenters. The molecular weight excluding hydrogens is 412 g/mol. The van der Waals surface area contributed by atoms with Gasteiger partial charge in [-0.1, -0.05) is 48.5 Å². The first-order chi connectivity index (χ1) is 16.1. The molecular formula is C26H28N6O. The summed E-state index contributed by atoms with van der Waals surface area (Å²) in [5.41, 5.74) is 13.4. The predicted molar refractivity (Wildman–Crippen MR) is 131 cm³/mol. The van der Waals surface area contributed by atoms with Gasteiger partial charge in [-0.25, -0.2) is 10.4 Å². The van der Waals surface area contributed by atoms with E-state index in [0.717, 1.165) is 29.8 Å². The van der Waals surface area contributed by atoms with Gasteiger partial charge >= 0.3 is 0 Å². The molecule has 1 aliphatic heterocycles. The van der Waals surface area contributed by atoms with Crippen LogP contribution in [0.2, 0.25) is 0 Å². The van der Waals surface area contributed by atoms with Gasteiger partial charge in [0.25, 0.3) is 0 Å². The van der Waals surface area contributed by atoms with E-state index in [4.69, 9.17) is 11.0 Å². The van der Waals surface area contributed by atoms with Crippen molar-refractivity contribution in [3.05, 3.63) is 101 Å². The number of hydrogen-bond donors (Lipinski definition) is 3. The quantitative estimate of drug-likeness (QED) is 0.544. The summed E-state index contributed by atoms with van der Waals surface area (Å²) in [5, 5.41) is 13.2. The number of carbonyl (C=O) groups excluding carboxylic acids is 1. The average molecular weight is 441 g/mol. The molecule has 0 bridgehead atoms. The summed E-state index contributed by atoms with van der Waals surface area (Å²) < 4.78 is 0. The highest BCUT2D eigenvalue weighted by Crippen LogP contribution is 2.17. The van der Waals surface area contributed by atoms with Gasteiger partial charge in [-0.05, 0) is 48.4 Å². The highest BCUT2D eigenvalue weighted by atomic mass is 16.1. The van der Waals surface area contributed by atoms with Gasteiger partial charge in [-0.3, -0.25) is 4.79 Å². The monoisotopic (exact) mass is 440 g/mol. The zero-order valence-electron chi connectivity index (χ0n) is 18.7. The largest absolute Gasteiger partial charge is 0.330 e. The van der Waals surface area contributed by atoms with Crippen LogP contribution in [0, 0.1) is 11.3 Å². The highest BCUT2D eigenvalue weighted by molar-refractivity contribution is 5.91. The number of rotatable bonds is 6. The van der Waals surface area contributed by atoms with E-state index >= 15 is 0 Å². The summed E-state index contributed by atoms with van der Waals surface area (Å²) in [6.07, 6.45) is 3.23. The van der Waals surface area contributed by atoms with Crippen LogP contribution in [0.4, 0.5) is 5.82 Å². The van der Waals surface area contributed by atoms with Crippen molar-refractivity contribution in [3.8, 4) is 6.07 Å². The Labute approximate surface area is 194 Å². The first-order valence-corrected chi connectivity index (χ1v) is 10.7. The number of anilines is 1. The number of nitrogens with one attached hydrogen (secondary N) is 2. The Morgan fingerprint density at radius 3 is 2.48 bits per heavy atom. The van der Waals surface area contributed by atoms with E-state index in [2.05, 4.69) is 21.8 Å². The Hall–Kier alpha value is -3.99. The van der Waals surface area contributed by atoms with Crippen molar-refractivity contribution in [1.29, 1.82) is 5.26 Å². The van der Waals surface area contributed by atoms with Crippen molar-refractivity contribution in [2.75, 3.05) is 25.5 Å². The Bertz CT molecular complexity index is 1120. The number of hydrogen-bond acceptors (Lipinski definition) is 6. The molecule has 33 heavy (non-hydrogen) atoms. The van der Waals surface area contributed by atoms with E-state index in [1.54, 1.807) is 6.07 Å². The van der Waals surface area contributed by atoms with E-state index in [-0.39, 0.29) is 5.91 Å². The number of nitrogens with two attached hydrogens (primary N) is 1. The van der Waals surface area contributed by atoms with Crippen LogP contribution in [0.15, 0.2) is 79.0 Å².